The maximum atomic E-state index is 13.1. The minimum absolute atomic E-state index is 0.0465. The van der Waals surface area contributed by atoms with E-state index in [1.165, 1.54) is 12.7 Å². The van der Waals surface area contributed by atoms with Crippen LogP contribution in [0.5, 0.6) is 5.75 Å². The molecule has 2 aliphatic heterocycles. The highest BCUT2D eigenvalue weighted by Gasteiger charge is 2.37. The second kappa shape index (κ2) is 7.82. The van der Waals surface area contributed by atoms with Crippen molar-refractivity contribution in [2.75, 3.05) is 24.0 Å². The lowest BCUT2D eigenvalue weighted by atomic mass is 9.80. The Morgan fingerprint density at radius 1 is 1.09 bits per heavy atom. The lowest BCUT2D eigenvalue weighted by molar-refractivity contribution is -0.122. The van der Waals surface area contributed by atoms with E-state index in [1.54, 1.807) is 30.3 Å². The van der Waals surface area contributed by atoms with Gasteiger partial charge in [-0.15, -0.1) is 0 Å². The quantitative estimate of drug-likeness (QED) is 0.583. The largest absolute Gasteiger partial charge is 0.497 e. The van der Waals surface area contributed by atoms with Gasteiger partial charge in [-0.2, -0.15) is 0 Å². The molecular weight excluding hydrogens is 406 g/mol. The van der Waals surface area contributed by atoms with Crippen molar-refractivity contribution in [1.29, 1.82) is 0 Å². The third kappa shape index (κ3) is 3.64. The van der Waals surface area contributed by atoms with Gasteiger partial charge in [-0.1, -0.05) is 13.0 Å². The van der Waals surface area contributed by atoms with E-state index in [4.69, 9.17) is 4.74 Å². The second-order valence-corrected chi connectivity index (χ2v) is 8.95. The van der Waals surface area contributed by atoms with Gasteiger partial charge in [0.2, 0.25) is 0 Å². The van der Waals surface area contributed by atoms with Crippen LogP contribution in [0.2, 0.25) is 0 Å². The minimum Gasteiger partial charge on any atom is -0.497 e. The zero-order valence-corrected chi connectivity index (χ0v) is 18.9. The molecule has 7 nitrogen and oxygen atoms in total. The SMILES string of the molecule is COc1ccc(N2C(=O)NC(=O)/C(=C\c3ccc4c(c3)[C@H](C)CC(C)(C)N4C)C2=O)cc1. The molecule has 0 unspecified atom stereocenters. The fourth-order valence-electron chi connectivity index (χ4n) is 4.48. The summed E-state index contributed by atoms with van der Waals surface area (Å²) < 4.78 is 5.13. The van der Waals surface area contributed by atoms with E-state index < -0.39 is 17.8 Å². The van der Waals surface area contributed by atoms with Crippen LogP contribution >= 0.6 is 0 Å². The van der Waals surface area contributed by atoms with E-state index in [2.05, 4.69) is 38.0 Å². The van der Waals surface area contributed by atoms with E-state index in [0.29, 0.717) is 17.4 Å². The summed E-state index contributed by atoms with van der Waals surface area (Å²) in [5.74, 6) is -0.425. The topological polar surface area (TPSA) is 79.0 Å². The van der Waals surface area contributed by atoms with Crippen LogP contribution in [-0.2, 0) is 9.59 Å². The predicted octanol–water partition coefficient (Wildman–Crippen LogP) is 4.08. The number of carbonyl (C=O) groups excluding carboxylic acids is 3. The van der Waals surface area contributed by atoms with E-state index >= 15 is 0 Å². The van der Waals surface area contributed by atoms with Crippen molar-refractivity contribution in [3.05, 3.63) is 59.2 Å². The van der Waals surface area contributed by atoms with Crippen LogP contribution in [0.25, 0.3) is 6.08 Å². The number of nitrogens with one attached hydrogen (secondary N) is 1. The molecule has 4 rings (SSSR count). The smallest absolute Gasteiger partial charge is 0.335 e. The Morgan fingerprint density at radius 2 is 1.78 bits per heavy atom. The second-order valence-electron chi connectivity index (χ2n) is 8.95. The predicted molar refractivity (Wildman–Crippen MR) is 124 cm³/mol. The molecule has 2 aliphatic rings. The van der Waals surface area contributed by atoms with Gasteiger partial charge in [-0.05, 0) is 79.8 Å². The number of amides is 4. The molecule has 0 bridgehead atoms. The molecule has 166 valence electrons. The number of barbiturate groups is 1. The van der Waals surface area contributed by atoms with Crippen molar-refractivity contribution in [3.8, 4) is 5.75 Å². The first-order valence-corrected chi connectivity index (χ1v) is 10.6. The number of benzene rings is 2. The zero-order chi connectivity index (χ0) is 23.2. The Balaban J connectivity index is 1.70. The van der Waals surface area contributed by atoms with Gasteiger partial charge < -0.3 is 9.64 Å². The van der Waals surface area contributed by atoms with Gasteiger partial charge in [0.15, 0.2) is 0 Å². The first-order valence-electron chi connectivity index (χ1n) is 10.6. The summed E-state index contributed by atoms with van der Waals surface area (Å²) in [6, 6.07) is 11.7. The molecule has 1 N–H and O–H groups in total. The molecular formula is C25H27N3O4. The van der Waals surface area contributed by atoms with E-state index in [9.17, 15) is 14.4 Å². The number of hydrogen-bond acceptors (Lipinski definition) is 5. The number of methoxy groups -OCH3 is 1. The first-order chi connectivity index (χ1) is 15.1. The molecule has 7 heteroatoms. The van der Waals surface area contributed by atoms with Crippen molar-refractivity contribution in [3.63, 3.8) is 0 Å². The fraction of sp³-hybridized carbons (Fsp3) is 0.320. The monoisotopic (exact) mass is 433 g/mol. The van der Waals surface area contributed by atoms with Crippen LogP contribution in [-0.4, -0.2) is 37.5 Å². The Bertz CT molecular complexity index is 1130. The highest BCUT2D eigenvalue weighted by Crippen LogP contribution is 2.42. The molecule has 0 saturated carbocycles. The van der Waals surface area contributed by atoms with Crippen molar-refractivity contribution in [2.24, 2.45) is 0 Å². The van der Waals surface area contributed by atoms with Crippen molar-refractivity contribution >= 4 is 35.3 Å². The molecule has 0 spiro atoms. The number of rotatable bonds is 3. The molecule has 1 fully saturated rings. The number of ether oxygens (including phenoxy) is 1. The average Bonchev–Trinajstić information content (AvgIpc) is 2.75. The maximum absolute atomic E-state index is 13.1. The maximum Gasteiger partial charge on any atom is 0.335 e. The summed E-state index contributed by atoms with van der Waals surface area (Å²) >= 11 is 0. The van der Waals surface area contributed by atoms with Gasteiger partial charge >= 0.3 is 6.03 Å². The Hall–Kier alpha value is -3.61. The van der Waals surface area contributed by atoms with Gasteiger partial charge in [-0.25, -0.2) is 9.69 Å². The molecule has 2 aromatic rings. The summed E-state index contributed by atoms with van der Waals surface area (Å²) in [5, 5.41) is 2.27. The number of fused-ring (bicyclic) bond motifs is 1. The van der Waals surface area contributed by atoms with Crippen molar-refractivity contribution in [1.82, 2.24) is 5.32 Å². The van der Waals surface area contributed by atoms with E-state index in [0.717, 1.165) is 22.6 Å². The number of imide groups is 2. The van der Waals surface area contributed by atoms with Crippen molar-refractivity contribution in [2.45, 2.75) is 38.6 Å². The Morgan fingerprint density at radius 3 is 2.44 bits per heavy atom. The fourth-order valence-corrected chi connectivity index (χ4v) is 4.48. The van der Waals surface area contributed by atoms with Crippen LogP contribution < -0.4 is 19.9 Å². The van der Waals surface area contributed by atoms with Gasteiger partial charge in [0, 0.05) is 18.3 Å². The molecule has 4 amide bonds. The van der Waals surface area contributed by atoms with Crippen molar-refractivity contribution < 1.29 is 19.1 Å². The van der Waals surface area contributed by atoms with Gasteiger partial charge in [0.05, 0.1) is 12.8 Å². The van der Waals surface area contributed by atoms with Crippen LogP contribution in [0.1, 0.15) is 44.2 Å². The summed E-state index contributed by atoms with van der Waals surface area (Å²) in [4.78, 5) is 41.3. The van der Waals surface area contributed by atoms with E-state index in [-0.39, 0.29) is 11.1 Å². The minimum atomic E-state index is -0.773. The van der Waals surface area contributed by atoms with Gasteiger partial charge in [0.25, 0.3) is 11.8 Å². The van der Waals surface area contributed by atoms with Crippen LogP contribution in [0.15, 0.2) is 48.0 Å². The van der Waals surface area contributed by atoms with E-state index in [1.807, 2.05) is 18.2 Å². The third-order valence-corrected chi connectivity index (χ3v) is 6.40. The lowest BCUT2D eigenvalue weighted by Crippen LogP contribution is -2.54. The number of urea groups is 1. The van der Waals surface area contributed by atoms with Crippen LogP contribution in [0, 0.1) is 0 Å². The summed E-state index contributed by atoms with van der Waals surface area (Å²) in [6.45, 7) is 6.63. The summed E-state index contributed by atoms with van der Waals surface area (Å²) in [7, 11) is 3.62. The van der Waals surface area contributed by atoms with Gasteiger partial charge in [-0.3, -0.25) is 14.9 Å². The lowest BCUT2D eigenvalue weighted by Gasteiger charge is -2.45. The van der Waals surface area contributed by atoms with Gasteiger partial charge in [0.1, 0.15) is 11.3 Å². The molecule has 1 saturated heterocycles. The molecule has 2 heterocycles. The first kappa shape index (κ1) is 21.6. The third-order valence-electron chi connectivity index (χ3n) is 6.40. The molecule has 0 aromatic heterocycles. The highest BCUT2D eigenvalue weighted by atomic mass is 16.5. The number of nitrogens with zero attached hydrogens (tertiary/aromatic N) is 2. The molecule has 32 heavy (non-hydrogen) atoms. The molecule has 1 atom stereocenters. The van der Waals surface area contributed by atoms with Crippen LogP contribution in [0.4, 0.5) is 16.2 Å². The summed E-state index contributed by atoms with van der Waals surface area (Å²) in [6.07, 6.45) is 2.54. The number of carbonyl (C=O) groups is 3. The highest BCUT2D eigenvalue weighted by molar-refractivity contribution is 6.39. The number of hydrogen-bond donors (Lipinski definition) is 1. The Kier molecular flexibility index (Phi) is 5.28. The normalized spacial score (nSPS) is 21.5. The molecule has 0 aliphatic carbocycles. The zero-order valence-electron chi connectivity index (χ0n) is 18.9. The Labute approximate surface area is 187 Å². The van der Waals surface area contributed by atoms with Crippen LogP contribution in [0.3, 0.4) is 0 Å². The average molecular weight is 434 g/mol. The summed E-state index contributed by atoms with van der Waals surface area (Å²) in [5.41, 5.74) is 3.38. The molecule has 2 aromatic carbocycles. The molecule has 0 radical (unpaired) electrons. The number of anilines is 2. The standard InChI is InChI=1S/C25H27N3O4/c1-15-14-25(2,3)27(4)21-11-6-16(12-19(15)21)13-20-22(29)26-24(31)28(23(20)30)17-7-9-18(32-5)10-8-17/h6-13,15H,14H2,1-5H3,(H,26,29,31)/b20-13+/t15-/m1/s1.